The van der Waals surface area contributed by atoms with Gasteiger partial charge in [0.25, 0.3) is 0 Å². The summed E-state index contributed by atoms with van der Waals surface area (Å²) in [6, 6.07) is 6.26. The minimum atomic E-state index is -1.07. The lowest BCUT2D eigenvalue weighted by Crippen LogP contribution is -2.48. The minimum absolute atomic E-state index is 0.0111. The molecule has 0 aliphatic heterocycles. The highest BCUT2D eigenvalue weighted by atomic mass is 35.5. The van der Waals surface area contributed by atoms with Crippen LogP contribution < -0.4 is 4.90 Å². The number of nitrogens with zero attached hydrogens (tertiary/aromatic N) is 2. The van der Waals surface area contributed by atoms with Crippen molar-refractivity contribution in [2.45, 2.75) is 26.8 Å². The van der Waals surface area contributed by atoms with Crippen LogP contribution in [0, 0.1) is 0 Å². The molecule has 0 bridgehead atoms. The van der Waals surface area contributed by atoms with Gasteiger partial charge in [0.05, 0.1) is 0 Å². The van der Waals surface area contributed by atoms with Gasteiger partial charge in [0.15, 0.2) is 0 Å². The number of carbonyl (C=O) groups is 2. The van der Waals surface area contributed by atoms with Crippen LogP contribution in [-0.2, 0) is 4.79 Å². The molecule has 6 heteroatoms. The number of carbonyl (C=O) groups excluding carboxylic acids is 1. The summed E-state index contributed by atoms with van der Waals surface area (Å²) in [6.07, 6.45) is 0. The Morgan fingerprint density at radius 2 is 2.00 bits per heavy atom. The normalized spacial score (nSPS) is 10.4. The van der Waals surface area contributed by atoms with E-state index in [9.17, 15) is 9.59 Å². The Bertz CT molecular complexity index is 491. The number of amides is 2. The van der Waals surface area contributed by atoms with Crippen LogP contribution in [0.2, 0.25) is 5.02 Å². The summed E-state index contributed by atoms with van der Waals surface area (Å²) >= 11 is 5.91. The van der Waals surface area contributed by atoms with E-state index in [0.717, 1.165) is 0 Å². The van der Waals surface area contributed by atoms with E-state index in [1.54, 1.807) is 29.2 Å². The van der Waals surface area contributed by atoms with Crippen LogP contribution in [0.15, 0.2) is 24.3 Å². The van der Waals surface area contributed by atoms with Gasteiger partial charge in [0.1, 0.15) is 6.54 Å². The fourth-order valence-electron chi connectivity index (χ4n) is 1.92. The number of rotatable bonds is 5. The summed E-state index contributed by atoms with van der Waals surface area (Å²) in [5.41, 5.74) is 0.476. The topological polar surface area (TPSA) is 60.9 Å². The van der Waals surface area contributed by atoms with Crippen molar-refractivity contribution in [2.24, 2.45) is 0 Å². The first kappa shape index (κ1) is 16.3. The quantitative estimate of drug-likeness (QED) is 0.908. The molecule has 0 heterocycles. The van der Waals surface area contributed by atoms with Crippen LogP contribution in [0.5, 0.6) is 0 Å². The first-order chi connectivity index (χ1) is 9.36. The Balaban J connectivity index is 3.12. The molecule has 1 N–H and O–H groups in total. The molecule has 0 unspecified atom stereocenters. The third kappa shape index (κ3) is 4.13. The Kier molecular flexibility index (Phi) is 5.82. The van der Waals surface area contributed by atoms with Gasteiger partial charge in [-0.1, -0.05) is 17.7 Å². The predicted molar refractivity (Wildman–Crippen MR) is 79.3 cm³/mol. The summed E-state index contributed by atoms with van der Waals surface area (Å²) in [5, 5.41) is 9.47. The zero-order chi connectivity index (χ0) is 15.3. The average Bonchev–Trinajstić information content (AvgIpc) is 2.35. The number of hydrogen-bond donors (Lipinski definition) is 1. The van der Waals surface area contributed by atoms with Gasteiger partial charge in [-0.3, -0.25) is 9.69 Å². The van der Waals surface area contributed by atoms with Gasteiger partial charge in [0.2, 0.25) is 0 Å². The second kappa shape index (κ2) is 7.14. The molecular formula is C14H19ClN2O3. The third-order valence-electron chi connectivity index (χ3n) is 2.85. The van der Waals surface area contributed by atoms with E-state index >= 15 is 0 Å². The van der Waals surface area contributed by atoms with Crippen LogP contribution >= 0.6 is 11.6 Å². The molecule has 0 saturated heterocycles. The third-order valence-corrected chi connectivity index (χ3v) is 3.09. The number of hydrogen-bond acceptors (Lipinski definition) is 2. The van der Waals surface area contributed by atoms with Crippen LogP contribution in [0.25, 0.3) is 0 Å². The molecule has 0 aliphatic carbocycles. The van der Waals surface area contributed by atoms with Crippen molar-refractivity contribution >= 4 is 29.3 Å². The summed E-state index contributed by atoms with van der Waals surface area (Å²) < 4.78 is 0. The number of carboxylic acid groups (broad SMARTS) is 1. The van der Waals surface area contributed by atoms with Crippen molar-refractivity contribution < 1.29 is 14.7 Å². The molecule has 5 nitrogen and oxygen atoms in total. The van der Waals surface area contributed by atoms with Gasteiger partial charge in [0, 0.05) is 23.3 Å². The van der Waals surface area contributed by atoms with E-state index < -0.39 is 12.5 Å². The standard InChI is InChI=1S/C14H19ClN2O3/c1-4-16(10(2)3)14(20)17(9-13(18)19)12-7-5-6-11(15)8-12/h5-8,10H,4,9H2,1-3H3,(H,18,19). The lowest BCUT2D eigenvalue weighted by atomic mass is 10.2. The number of urea groups is 1. The molecule has 110 valence electrons. The molecule has 1 aromatic carbocycles. The zero-order valence-electron chi connectivity index (χ0n) is 11.8. The van der Waals surface area contributed by atoms with E-state index in [1.807, 2.05) is 20.8 Å². The molecule has 0 radical (unpaired) electrons. The lowest BCUT2D eigenvalue weighted by molar-refractivity contribution is -0.135. The fraction of sp³-hybridized carbons (Fsp3) is 0.429. The zero-order valence-corrected chi connectivity index (χ0v) is 12.6. The maximum atomic E-state index is 12.5. The van der Waals surface area contributed by atoms with E-state index in [2.05, 4.69) is 0 Å². The molecular weight excluding hydrogens is 280 g/mol. The van der Waals surface area contributed by atoms with E-state index in [0.29, 0.717) is 17.3 Å². The summed E-state index contributed by atoms with van der Waals surface area (Å²) in [4.78, 5) is 26.3. The molecule has 0 atom stereocenters. The van der Waals surface area contributed by atoms with E-state index in [4.69, 9.17) is 16.7 Å². The maximum absolute atomic E-state index is 12.5. The second-order valence-corrected chi connectivity index (χ2v) is 5.06. The second-order valence-electron chi connectivity index (χ2n) is 4.62. The highest BCUT2D eigenvalue weighted by Gasteiger charge is 2.25. The van der Waals surface area contributed by atoms with Crippen LogP contribution in [0.3, 0.4) is 0 Å². The molecule has 20 heavy (non-hydrogen) atoms. The van der Waals surface area contributed by atoms with Crippen molar-refractivity contribution in [1.82, 2.24) is 4.90 Å². The van der Waals surface area contributed by atoms with Gasteiger partial charge in [-0.15, -0.1) is 0 Å². The van der Waals surface area contributed by atoms with E-state index in [1.165, 1.54) is 4.90 Å². The Morgan fingerprint density at radius 3 is 2.45 bits per heavy atom. The highest BCUT2D eigenvalue weighted by molar-refractivity contribution is 6.30. The molecule has 0 saturated carbocycles. The number of benzene rings is 1. The molecule has 0 spiro atoms. The summed E-state index contributed by atoms with van der Waals surface area (Å²) in [5.74, 6) is -1.07. The van der Waals surface area contributed by atoms with Crippen molar-refractivity contribution in [3.8, 4) is 0 Å². The number of carboxylic acids is 1. The van der Waals surface area contributed by atoms with Crippen LogP contribution in [-0.4, -0.2) is 41.1 Å². The van der Waals surface area contributed by atoms with Gasteiger partial charge < -0.3 is 10.0 Å². The molecule has 0 aliphatic rings. The first-order valence-electron chi connectivity index (χ1n) is 6.42. The smallest absolute Gasteiger partial charge is 0.325 e. The first-order valence-corrected chi connectivity index (χ1v) is 6.80. The van der Waals surface area contributed by atoms with Gasteiger partial charge in [-0.05, 0) is 39.0 Å². The largest absolute Gasteiger partial charge is 0.480 e. The van der Waals surface area contributed by atoms with Gasteiger partial charge in [-0.25, -0.2) is 4.79 Å². The van der Waals surface area contributed by atoms with E-state index in [-0.39, 0.29) is 12.1 Å². The predicted octanol–water partition coefficient (Wildman–Crippen LogP) is 3.08. The molecule has 1 rings (SSSR count). The highest BCUT2D eigenvalue weighted by Crippen LogP contribution is 2.21. The maximum Gasteiger partial charge on any atom is 0.325 e. The number of anilines is 1. The number of halogens is 1. The van der Waals surface area contributed by atoms with Crippen LogP contribution in [0.4, 0.5) is 10.5 Å². The Morgan fingerprint density at radius 1 is 1.35 bits per heavy atom. The summed E-state index contributed by atoms with van der Waals surface area (Å²) in [6.45, 7) is 5.74. The summed E-state index contributed by atoms with van der Waals surface area (Å²) in [7, 11) is 0. The molecule has 0 fully saturated rings. The fourth-order valence-corrected chi connectivity index (χ4v) is 2.11. The molecule has 2 amide bonds. The Hall–Kier alpha value is -1.75. The lowest BCUT2D eigenvalue weighted by Gasteiger charge is -2.31. The Labute approximate surface area is 123 Å². The van der Waals surface area contributed by atoms with Gasteiger partial charge >= 0.3 is 12.0 Å². The SMILES string of the molecule is CCN(C(=O)N(CC(=O)O)c1cccc(Cl)c1)C(C)C. The molecule has 0 aromatic heterocycles. The average molecular weight is 299 g/mol. The number of aliphatic carboxylic acids is 1. The van der Waals surface area contributed by atoms with Gasteiger partial charge in [-0.2, -0.15) is 0 Å². The monoisotopic (exact) mass is 298 g/mol. The van der Waals surface area contributed by atoms with Crippen molar-refractivity contribution in [2.75, 3.05) is 18.0 Å². The van der Waals surface area contributed by atoms with Crippen molar-refractivity contribution in [3.05, 3.63) is 29.3 Å². The van der Waals surface area contributed by atoms with Crippen LogP contribution in [0.1, 0.15) is 20.8 Å². The minimum Gasteiger partial charge on any atom is -0.480 e. The molecule has 1 aromatic rings. The van der Waals surface area contributed by atoms with Crippen molar-refractivity contribution in [1.29, 1.82) is 0 Å². The van der Waals surface area contributed by atoms with Crippen molar-refractivity contribution in [3.63, 3.8) is 0 Å².